The van der Waals surface area contributed by atoms with Crippen molar-refractivity contribution in [3.8, 4) is 34.3 Å². The molecule has 1 aliphatic heterocycles. The van der Waals surface area contributed by atoms with E-state index >= 15 is 0 Å². The predicted octanol–water partition coefficient (Wildman–Crippen LogP) is 5.44. The second kappa shape index (κ2) is 11.5. The van der Waals surface area contributed by atoms with Crippen molar-refractivity contribution in [2.75, 3.05) is 19.7 Å². The summed E-state index contributed by atoms with van der Waals surface area (Å²) in [7, 11) is 0. The minimum absolute atomic E-state index is 0.00162. The van der Waals surface area contributed by atoms with Crippen LogP contribution in [0.2, 0.25) is 0 Å². The number of halogens is 3. The number of alkyl halides is 3. The number of carbonyl (C=O) groups excluding carboxylic acids is 1. The smallest absolute Gasteiger partial charge is 0.493 e. The summed E-state index contributed by atoms with van der Waals surface area (Å²) in [6.45, 7) is 2.76. The molecule has 1 saturated heterocycles. The van der Waals surface area contributed by atoms with Gasteiger partial charge in [0.05, 0.1) is 6.61 Å². The largest absolute Gasteiger partial charge is 0.573 e. The molecule has 1 atom stereocenters. The zero-order valence-corrected chi connectivity index (χ0v) is 22.6. The van der Waals surface area contributed by atoms with Gasteiger partial charge in [0, 0.05) is 60.1 Å². The zero-order chi connectivity index (χ0) is 29.3. The fourth-order valence-corrected chi connectivity index (χ4v) is 5.39. The van der Waals surface area contributed by atoms with Crippen LogP contribution in [-0.2, 0) is 0 Å². The first-order valence-corrected chi connectivity index (χ1v) is 13.7. The molecule has 0 bridgehead atoms. The molecule has 218 valence electrons. The maximum atomic E-state index is 14.1. The number of rotatable bonds is 9. The Balaban J connectivity index is 1.50. The number of hydrogen-bond acceptors (Lipinski definition) is 7. The first kappa shape index (κ1) is 28.6. The molecule has 2 aromatic heterocycles. The van der Waals surface area contributed by atoms with Crippen molar-refractivity contribution in [2.45, 2.75) is 51.4 Å². The monoisotopic (exact) mass is 571 g/mol. The molecule has 0 unspecified atom stereocenters. The van der Waals surface area contributed by atoms with Gasteiger partial charge in [-0.15, -0.1) is 13.2 Å². The van der Waals surface area contributed by atoms with Gasteiger partial charge >= 0.3 is 6.36 Å². The van der Waals surface area contributed by atoms with E-state index in [9.17, 15) is 28.2 Å². The molecule has 0 spiro atoms. The van der Waals surface area contributed by atoms with Gasteiger partial charge in [-0.2, -0.15) is 0 Å². The number of nitrogens with zero attached hydrogens (tertiary/aromatic N) is 4. The highest BCUT2D eigenvalue weighted by Crippen LogP contribution is 2.43. The van der Waals surface area contributed by atoms with E-state index in [0.717, 1.165) is 12.8 Å². The number of likely N-dealkylation sites (tertiary alicyclic amines) is 1. The van der Waals surface area contributed by atoms with Crippen LogP contribution in [-0.4, -0.2) is 67.3 Å². The molecule has 2 aliphatic rings. The second-order valence-corrected chi connectivity index (χ2v) is 10.5. The van der Waals surface area contributed by atoms with E-state index in [0.29, 0.717) is 66.4 Å². The predicted molar refractivity (Wildman–Crippen MR) is 145 cm³/mol. The van der Waals surface area contributed by atoms with E-state index in [1.807, 2.05) is 11.5 Å². The summed E-state index contributed by atoms with van der Waals surface area (Å²) < 4.78 is 44.0. The number of aliphatic hydroxyl groups excluding tert-OH is 1. The quantitative estimate of drug-likeness (QED) is 0.294. The molecule has 9 nitrogen and oxygen atoms in total. The summed E-state index contributed by atoms with van der Waals surface area (Å²) in [5.41, 5.74) is 2.32. The third-order valence-electron chi connectivity index (χ3n) is 7.77. The molecule has 1 saturated carbocycles. The molecule has 1 aliphatic carbocycles. The number of pyridine rings is 1. The van der Waals surface area contributed by atoms with Crippen LogP contribution in [0.4, 0.5) is 13.2 Å². The molecule has 1 aromatic carbocycles. The van der Waals surface area contributed by atoms with Crippen molar-refractivity contribution < 1.29 is 32.9 Å². The Morgan fingerprint density at radius 1 is 1.10 bits per heavy atom. The van der Waals surface area contributed by atoms with E-state index < -0.39 is 6.36 Å². The summed E-state index contributed by atoms with van der Waals surface area (Å²) in [6, 6.07) is 8.43. The molecule has 41 heavy (non-hydrogen) atoms. The second-order valence-electron chi connectivity index (χ2n) is 10.5. The molecule has 3 N–H and O–H groups in total. The summed E-state index contributed by atoms with van der Waals surface area (Å²) in [6.07, 6.45) is 0.183. The van der Waals surface area contributed by atoms with E-state index in [4.69, 9.17) is 10.4 Å². The molecular formula is C29H32F3N5O4. The Hall–Kier alpha value is -3.93. The molecule has 5 rings (SSSR count). The lowest BCUT2D eigenvalue weighted by Crippen LogP contribution is -2.42. The Kier molecular flexibility index (Phi) is 8.03. The van der Waals surface area contributed by atoms with Crippen LogP contribution in [0.15, 0.2) is 42.6 Å². The molecule has 12 heteroatoms. The third kappa shape index (κ3) is 6.22. The first-order chi connectivity index (χ1) is 19.6. The Morgan fingerprint density at radius 3 is 2.29 bits per heavy atom. The average Bonchev–Trinajstić information content (AvgIpc) is 3.72. The van der Waals surface area contributed by atoms with Crippen molar-refractivity contribution in [1.82, 2.24) is 19.4 Å². The van der Waals surface area contributed by atoms with Crippen molar-refractivity contribution in [3.05, 3.63) is 48.3 Å². The number of carbonyl (C=O) groups is 1. The van der Waals surface area contributed by atoms with Crippen LogP contribution < -0.4 is 4.74 Å². The Bertz CT molecular complexity index is 1390. The van der Waals surface area contributed by atoms with Crippen LogP contribution in [0, 0.1) is 17.2 Å². The van der Waals surface area contributed by atoms with Crippen LogP contribution >= 0.6 is 0 Å². The van der Waals surface area contributed by atoms with Crippen LogP contribution in [0.1, 0.15) is 55.6 Å². The lowest BCUT2D eigenvalue weighted by Gasteiger charge is -2.34. The molecule has 2 fully saturated rings. The Labute approximate surface area is 235 Å². The number of benzene rings is 1. The SMILES string of the molecule is CC[C@H](CO)C(=N)C1CCN(C(=O)c2c(-c3ccc(O)nc3)nc(-c3ccc(OC(F)(F)F)cc3)n2C2CC2)CC1. The van der Waals surface area contributed by atoms with Crippen molar-refractivity contribution in [3.63, 3.8) is 0 Å². The summed E-state index contributed by atoms with van der Waals surface area (Å²) >= 11 is 0. The minimum atomic E-state index is -4.81. The lowest BCUT2D eigenvalue weighted by molar-refractivity contribution is -0.274. The normalized spacial score (nSPS) is 17.0. The molecule has 1 amide bonds. The topological polar surface area (TPSA) is 125 Å². The first-order valence-electron chi connectivity index (χ1n) is 13.7. The molecule has 3 aromatic rings. The van der Waals surface area contributed by atoms with E-state index in [1.54, 1.807) is 11.0 Å². The molecule has 3 heterocycles. The van der Waals surface area contributed by atoms with Gasteiger partial charge in [0.2, 0.25) is 5.88 Å². The van der Waals surface area contributed by atoms with Crippen molar-refractivity contribution in [2.24, 2.45) is 11.8 Å². The summed E-state index contributed by atoms with van der Waals surface area (Å²) in [5, 5.41) is 27.9. The standard InChI is InChI=1S/C29H32F3N5O4/c1-2-17(16-38)24(33)18-11-13-36(14-12-18)28(40)26-25(20-5-10-23(39)34-15-20)35-27(37(26)21-6-7-21)19-3-8-22(9-4-19)41-29(30,31)32/h3-5,8-10,15,17-18,21,33,38H,2,6-7,11-14,16H2,1H3,(H,34,39)/t17-/m1/s1. The van der Waals surface area contributed by atoms with Crippen LogP contribution in [0.5, 0.6) is 11.6 Å². The van der Waals surface area contributed by atoms with Gasteiger partial charge in [-0.05, 0) is 62.4 Å². The molecular weight excluding hydrogens is 539 g/mol. The van der Waals surface area contributed by atoms with Gasteiger partial charge in [0.15, 0.2) is 0 Å². The van der Waals surface area contributed by atoms with Gasteiger partial charge in [0.1, 0.15) is 23.0 Å². The number of nitrogens with one attached hydrogen (secondary N) is 1. The number of aromatic nitrogens is 3. The summed E-state index contributed by atoms with van der Waals surface area (Å²) in [4.78, 5) is 24.7. The molecule has 0 radical (unpaired) electrons. The van der Waals surface area contributed by atoms with Gasteiger partial charge in [-0.1, -0.05) is 6.92 Å². The highest BCUT2D eigenvalue weighted by Gasteiger charge is 2.37. The number of amides is 1. The number of aromatic hydroxyl groups is 1. The van der Waals surface area contributed by atoms with Gasteiger partial charge in [-0.25, -0.2) is 9.97 Å². The van der Waals surface area contributed by atoms with Crippen molar-refractivity contribution in [1.29, 1.82) is 5.41 Å². The van der Waals surface area contributed by atoms with E-state index in [1.165, 1.54) is 36.5 Å². The fraction of sp³-hybridized carbons (Fsp3) is 0.448. The maximum absolute atomic E-state index is 14.1. The maximum Gasteiger partial charge on any atom is 0.573 e. The van der Waals surface area contributed by atoms with Crippen molar-refractivity contribution >= 4 is 11.6 Å². The van der Waals surface area contributed by atoms with Gasteiger partial charge < -0.3 is 29.8 Å². The van der Waals surface area contributed by atoms with Gasteiger partial charge in [-0.3, -0.25) is 4.79 Å². The van der Waals surface area contributed by atoms with Crippen LogP contribution in [0.3, 0.4) is 0 Å². The Morgan fingerprint density at radius 2 is 1.76 bits per heavy atom. The third-order valence-corrected chi connectivity index (χ3v) is 7.77. The number of imidazole rings is 1. The number of ether oxygens (including phenoxy) is 1. The fourth-order valence-electron chi connectivity index (χ4n) is 5.39. The summed E-state index contributed by atoms with van der Waals surface area (Å²) in [5.74, 6) is -0.495. The highest BCUT2D eigenvalue weighted by atomic mass is 19.4. The number of piperidine rings is 1. The number of aliphatic hydroxyl groups is 1. The zero-order valence-electron chi connectivity index (χ0n) is 22.6. The highest BCUT2D eigenvalue weighted by molar-refractivity contribution is 6.00. The lowest BCUT2D eigenvalue weighted by atomic mass is 9.84. The average molecular weight is 572 g/mol. The van der Waals surface area contributed by atoms with Gasteiger partial charge in [0.25, 0.3) is 5.91 Å². The van der Waals surface area contributed by atoms with E-state index in [2.05, 4.69) is 9.72 Å². The van der Waals surface area contributed by atoms with E-state index in [-0.39, 0.29) is 42.0 Å². The number of hydrogen-bond donors (Lipinski definition) is 3. The van der Waals surface area contributed by atoms with Crippen LogP contribution in [0.25, 0.3) is 22.6 Å². The minimum Gasteiger partial charge on any atom is -0.493 e.